The molecule has 0 aliphatic carbocycles. The Bertz CT molecular complexity index is 1040. The summed E-state index contributed by atoms with van der Waals surface area (Å²) < 4.78 is 12.2. The van der Waals surface area contributed by atoms with Crippen LogP contribution in [0.2, 0.25) is 5.02 Å². The van der Waals surface area contributed by atoms with Crippen molar-refractivity contribution in [1.82, 2.24) is 15.2 Å². The van der Waals surface area contributed by atoms with Crippen molar-refractivity contribution in [2.75, 3.05) is 0 Å². The number of ether oxygens (including phenoxy) is 1. The van der Waals surface area contributed by atoms with Gasteiger partial charge in [0.2, 0.25) is 0 Å². The SMILES string of the molecule is S=c1[nH]nc(-c2cc3c(Oc4ccc(Cl)cc4)cncc3s2)o1. The molecule has 0 saturated carbocycles. The van der Waals surface area contributed by atoms with Gasteiger partial charge in [-0.3, -0.25) is 4.98 Å². The Morgan fingerprint density at radius 2 is 2.04 bits per heavy atom. The van der Waals surface area contributed by atoms with Crippen LogP contribution in [-0.4, -0.2) is 15.2 Å². The molecule has 0 amide bonds. The van der Waals surface area contributed by atoms with Crippen LogP contribution >= 0.6 is 35.2 Å². The maximum absolute atomic E-state index is 5.91. The highest BCUT2D eigenvalue weighted by molar-refractivity contribution is 7.71. The molecule has 0 atom stereocenters. The van der Waals surface area contributed by atoms with E-state index in [0.29, 0.717) is 22.4 Å². The average Bonchev–Trinajstić information content (AvgIpc) is 3.16. The smallest absolute Gasteiger partial charge is 0.284 e. The Balaban J connectivity index is 1.76. The molecule has 0 radical (unpaired) electrons. The minimum atomic E-state index is 0.244. The van der Waals surface area contributed by atoms with Crippen LogP contribution in [0.15, 0.2) is 47.1 Å². The Kier molecular flexibility index (Phi) is 3.60. The summed E-state index contributed by atoms with van der Waals surface area (Å²) in [6.07, 6.45) is 3.45. The second kappa shape index (κ2) is 5.77. The van der Waals surface area contributed by atoms with Crippen LogP contribution in [0.1, 0.15) is 0 Å². The predicted molar refractivity (Wildman–Crippen MR) is 91.8 cm³/mol. The van der Waals surface area contributed by atoms with Gasteiger partial charge in [-0.15, -0.1) is 16.4 Å². The number of thiophene rings is 1. The van der Waals surface area contributed by atoms with Crippen molar-refractivity contribution in [2.24, 2.45) is 0 Å². The average molecular weight is 362 g/mol. The summed E-state index contributed by atoms with van der Waals surface area (Å²) in [6.45, 7) is 0. The predicted octanol–water partition coefficient (Wildman–Crippen LogP) is 5.45. The van der Waals surface area contributed by atoms with Gasteiger partial charge in [0.1, 0.15) is 5.75 Å². The van der Waals surface area contributed by atoms with Gasteiger partial charge in [-0.25, -0.2) is 5.10 Å². The second-order valence-corrected chi connectivity index (χ2v) is 6.53. The molecule has 0 fully saturated rings. The number of H-pyrrole nitrogens is 1. The lowest BCUT2D eigenvalue weighted by molar-refractivity contribution is 0.486. The molecule has 5 nitrogen and oxygen atoms in total. The first-order valence-electron chi connectivity index (χ1n) is 6.56. The lowest BCUT2D eigenvalue weighted by Crippen LogP contribution is -1.85. The number of fused-ring (bicyclic) bond motifs is 1. The van der Waals surface area contributed by atoms with Gasteiger partial charge in [-0.1, -0.05) is 11.6 Å². The molecule has 1 aromatic carbocycles. The Morgan fingerprint density at radius 1 is 1.22 bits per heavy atom. The first kappa shape index (κ1) is 14.4. The maximum Gasteiger partial charge on any atom is 0.284 e. The van der Waals surface area contributed by atoms with Gasteiger partial charge in [-0.05, 0) is 42.5 Å². The second-order valence-electron chi connectivity index (χ2n) is 4.63. The zero-order valence-corrected chi connectivity index (χ0v) is 13.8. The van der Waals surface area contributed by atoms with Crippen molar-refractivity contribution in [3.8, 4) is 22.3 Å². The van der Waals surface area contributed by atoms with Gasteiger partial charge < -0.3 is 9.15 Å². The summed E-state index contributed by atoms with van der Waals surface area (Å²) in [5.74, 6) is 1.80. The normalized spacial score (nSPS) is 11.0. The molecular weight excluding hydrogens is 354 g/mol. The number of halogens is 1. The molecular formula is C15H8ClN3O2S2. The summed E-state index contributed by atoms with van der Waals surface area (Å²) in [7, 11) is 0. The third kappa shape index (κ3) is 2.86. The Morgan fingerprint density at radius 3 is 2.78 bits per heavy atom. The van der Waals surface area contributed by atoms with E-state index < -0.39 is 0 Å². The summed E-state index contributed by atoms with van der Waals surface area (Å²) in [6, 6.07) is 9.11. The Hall–Kier alpha value is -2.22. The van der Waals surface area contributed by atoms with Gasteiger partial charge in [0.05, 0.1) is 15.8 Å². The number of aromatic amines is 1. The van der Waals surface area contributed by atoms with Crippen LogP contribution in [0.5, 0.6) is 11.5 Å². The summed E-state index contributed by atoms with van der Waals surface area (Å²) >= 11 is 12.3. The van der Waals surface area contributed by atoms with E-state index in [9.17, 15) is 0 Å². The fraction of sp³-hybridized carbons (Fsp3) is 0. The largest absolute Gasteiger partial charge is 0.455 e. The van der Waals surface area contributed by atoms with E-state index >= 15 is 0 Å². The molecule has 4 rings (SSSR count). The summed E-state index contributed by atoms with van der Waals surface area (Å²) in [5, 5.41) is 8.25. The zero-order valence-electron chi connectivity index (χ0n) is 11.4. The fourth-order valence-electron chi connectivity index (χ4n) is 2.09. The molecule has 0 saturated heterocycles. The van der Waals surface area contributed by atoms with E-state index in [4.69, 9.17) is 33.0 Å². The van der Waals surface area contributed by atoms with Crippen molar-refractivity contribution in [3.63, 3.8) is 0 Å². The maximum atomic E-state index is 5.91. The number of benzene rings is 1. The van der Waals surface area contributed by atoms with Gasteiger partial charge in [0.15, 0.2) is 5.75 Å². The van der Waals surface area contributed by atoms with Crippen molar-refractivity contribution < 1.29 is 9.15 Å². The van der Waals surface area contributed by atoms with Gasteiger partial charge in [0, 0.05) is 16.6 Å². The van der Waals surface area contributed by atoms with Crippen molar-refractivity contribution in [2.45, 2.75) is 0 Å². The molecule has 1 N–H and O–H groups in total. The first-order chi connectivity index (χ1) is 11.2. The molecule has 0 aliphatic rings. The minimum Gasteiger partial charge on any atom is -0.455 e. The number of rotatable bonds is 3. The third-order valence-electron chi connectivity index (χ3n) is 3.10. The standard InChI is InChI=1S/C15H8ClN3O2S2/c16-8-1-3-9(4-2-8)20-11-6-17-7-13-10(11)5-12(23-13)14-18-19-15(22)21-14/h1-7H,(H,19,22). The van der Waals surface area contributed by atoms with Crippen LogP contribution < -0.4 is 4.74 Å². The number of aromatic nitrogens is 3. The van der Waals surface area contributed by atoms with Crippen LogP contribution in [0.25, 0.3) is 20.9 Å². The molecule has 8 heteroatoms. The van der Waals surface area contributed by atoms with Gasteiger partial charge in [0.25, 0.3) is 10.7 Å². The highest BCUT2D eigenvalue weighted by Crippen LogP contribution is 2.38. The molecule has 3 heterocycles. The van der Waals surface area contributed by atoms with E-state index in [1.54, 1.807) is 36.7 Å². The molecule has 0 bridgehead atoms. The van der Waals surface area contributed by atoms with E-state index in [-0.39, 0.29) is 4.84 Å². The molecule has 23 heavy (non-hydrogen) atoms. The van der Waals surface area contributed by atoms with E-state index in [2.05, 4.69) is 15.2 Å². The van der Waals surface area contributed by atoms with Crippen LogP contribution in [0.3, 0.4) is 0 Å². The van der Waals surface area contributed by atoms with Crippen LogP contribution in [0.4, 0.5) is 0 Å². The van der Waals surface area contributed by atoms with E-state index in [1.807, 2.05) is 6.07 Å². The highest BCUT2D eigenvalue weighted by Gasteiger charge is 2.13. The molecule has 114 valence electrons. The molecule has 0 aliphatic heterocycles. The van der Waals surface area contributed by atoms with Crippen molar-refractivity contribution in [3.05, 3.63) is 52.6 Å². The van der Waals surface area contributed by atoms with Crippen LogP contribution in [0, 0.1) is 4.84 Å². The minimum absolute atomic E-state index is 0.244. The summed E-state index contributed by atoms with van der Waals surface area (Å²) in [4.78, 5) is 5.31. The molecule has 0 unspecified atom stereocenters. The van der Waals surface area contributed by atoms with E-state index in [1.165, 1.54) is 11.3 Å². The number of pyridine rings is 1. The zero-order chi connectivity index (χ0) is 15.8. The molecule has 0 spiro atoms. The van der Waals surface area contributed by atoms with Crippen LogP contribution in [-0.2, 0) is 0 Å². The quantitative estimate of drug-likeness (QED) is 0.491. The van der Waals surface area contributed by atoms with Crippen molar-refractivity contribution in [1.29, 1.82) is 0 Å². The van der Waals surface area contributed by atoms with E-state index in [0.717, 1.165) is 15.0 Å². The number of nitrogens with zero attached hydrogens (tertiary/aromatic N) is 2. The van der Waals surface area contributed by atoms with Gasteiger partial charge >= 0.3 is 0 Å². The summed E-state index contributed by atoms with van der Waals surface area (Å²) in [5.41, 5.74) is 0. The fourth-order valence-corrected chi connectivity index (χ4v) is 3.31. The number of hydrogen-bond donors (Lipinski definition) is 1. The molecule has 4 aromatic rings. The lowest BCUT2D eigenvalue weighted by atomic mass is 10.3. The van der Waals surface area contributed by atoms with Gasteiger partial charge in [-0.2, -0.15) is 0 Å². The lowest BCUT2D eigenvalue weighted by Gasteiger charge is -2.06. The molecule has 3 aromatic heterocycles. The topological polar surface area (TPSA) is 63.9 Å². The van der Waals surface area contributed by atoms with Crippen molar-refractivity contribution >= 4 is 45.2 Å². The number of hydrogen-bond acceptors (Lipinski definition) is 6. The monoisotopic (exact) mass is 361 g/mol. The highest BCUT2D eigenvalue weighted by atomic mass is 35.5. The number of nitrogens with one attached hydrogen (secondary N) is 1. The third-order valence-corrected chi connectivity index (χ3v) is 4.58. The Labute approximate surface area is 144 Å². The first-order valence-corrected chi connectivity index (χ1v) is 8.16.